The Morgan fingerprint density at radius 3 is 2.73 bits per heavy atom. The van der Waals surface area contributed by atoms with Crippen molar-refractivity contribution in [2.45, 2.75) is 39.3 Å². The van der Waals surface area contributed by atoms with Crippen LogP contribution >= 0.6 is 0 Å². The van der Waals surface area contributed by atoms with Crippen molar-refractivity contribution >= 4 is 11.6 Å². The van der Waals surface area contributed by atoms with Gasteiger partial charge in [-0.25, -0.2) is 0 Å². The van der Waals surface area contributed by atoms with E-state index in [4.69, 9.17) is 9.26 Å². The van der Waals surface area contributed by atoms with Crippen LogP contribution < -0.4 is 15.0 Å². The predicted octanol–water partition coefficient (Wildman–Crippen LogP) is 3.59. The van der Waals surface area contributed by atoms with Crippen LogP contribution in [-0.4, -0.2) is 35.2 Å². The zero-order chi connectivity index (χ0) is 20.9. The van der Waals surface area contributed by atoms with Gasteiger partial charge in [0.2, 0.25) is 11.7 Å². The SMILES string of the molecule is CCCNC(=O)[C@@H]1CN(Cc2nc(-c3ccc(CC)cc3)no2)c2ccccc2O1. The summed E-state index contributed by atoms with van der Waals surface area (Å²) in [6, 6.07) is 15.8. The summed E-state index contributed by atoms with van der Waals surface area (Å²) in [5.74, 6) is 1.62. The number of para-hydroxylation sites is 2. The Kier molecular flexibility index (Phi) is 5.97. The van der Waals surface area contributed by atoms with E-state index in [1.165, 1.54) is 5.56 Å². The van der Waals surface area contributed by atoms with Gasteiger partial charge in [-0.05, 0) is 30.5 Å². The van der Waals surface area contributed by atoms with Crippen LogP contribution in [-0.2, 0) is 17.8 Å². The molecule has 7 nitrogen and oxygen atoms in total. The van der Waals surface area contributed by atoms with E-state index in [2.05, 4.69) is 34.5 Å². The maximum atomic E-state index is 12.5. The summed E-state index contributed by atoms with van der Waals surface area (Å²) in [5.41, 5.74) is 3.09. The van der Waals surface area contributed by atoms with Gasteiger partial charge in [0.05, 0.1) is 18.8 Å². The Hall–Kier alpha value is -3.35. The summed E-state index contributed by atoms with van der Waals surface area (Å²) in [6.07, 6.45) is 1.28. The first kappa shape index (κ1) is 19.9. The molecule has 7 heteroatoms. The number of anilines is 1. The molecule has 0 spiro atoms. The molecule has 0 saturated heterocycles. The molecule has 4 rings (SSSR count). The highest BCUT2D eigenvalue weighted by Gasteiger charge is 2.31. The van der Waals surface area contributed by atoms with Gasteiger partial charge in [0.25, 0.3) is 5.91 Å². The van der Waals surface area contributed by atoms with Crippen LogP contribution in [0.4, 0.5) is 5.69 Å². The topological polar surface area (TPSA) is 80.5 Å². The third-order valence-electron chi connectivity index (χ3n) is 5.12. The van der Waals surface area contributed by atoms with E-state index >= 15 is 0 Å². The summed E-state index contributed by atoms with van der Waals surface area (Å²) in [7, 11) is 0. The van der Waals surface area contributed by atoms with Crippen molar-refractivity contribution in [2.24, 2.45) is 0 Å². The molecule has 0 aliphatic carbocycles. The molecule has 1 aromatic heterocycles. The van der Waals surface area contributed by atoms with Crippen molar-refractivity contribution in [1.29, 1.82) is 0 Å². The number of aromatic nitrogens is 2. The van der Waals surface area contributed by atoms with Crippen molar-refractivity contribution in [3.8, 4) is 17.1 Å². The number of hydrogen-bond donors (Lipinski definition) is 1. The Bertz CT molecular complexity index is 1000. The van der Waals surface area contributed by atoms with Gasteiger partial charge in [-0.3, -0.25) is 4.79 Å². The molecule has 0 unspecified atom stereocenters. The van der Waals surface area contributed by atoms with Crippen LogP contribution in [0, 0.1) is 0 Å². The largest absolute Gasteiger partial charge is 0.477 e. The first-order valence-corrected chi connectivity index (χ1v) is 10.4. The fraction of sp³-hybridized carbons (Fsp3) is 0.348. The molecular weight excluding hydrogens is 380 g/mol. The highest BCUT2D eigenvalue weighted by atomic mass is 16.5. The first-order chi connectivity index (χ1) is 14.7. The number of amides is 1. The highest BCUT2D eigenvalue weighted by molar-refractivity contribution is 5.83. The number of fused-ring (bicyclic) bond motifs is 1. The average molecular weight is 406 g/mol. The molecule has 1 atom stereocenters. The average Bonchev–Trinajstić information content (AvgIpc) is 3.26. The fourth-order valence-corrected chi connectivity index (χ4v) is 3.44. The minimum atomic E-state index is -0.588. The number of aryl methyl sites for hydroxylation is 1. The third-order valence-corrected chi connectivity index (χ3v) is 5.12. The molecule has 0 bridgehead atoms. The number of carbonyl (C=O) groups is 1. The number of benzene rings is 2. The van der Waals surface area contributed by atoms with E-state index in [9.17, 15) is 4.79 Å². The number of nitrogens with one attached hydrogen (secondary N) is 1. The molecule has 0 radical (unpaired) electrons. The molecule has 1 N–H and O–H groups in total. The molecule has 2 heterocycles. The number of rotatable bonds is 7. The van der Waals surface area contributed by atoms with Crippen molar-refractivity contribution in [3.63, 3.8) is 0 Å². The Morgan fingerprint density at radius 1 is 1.17 bits per heavy atom. The molecule has 0 saturated carbocycles. The molecule has 2 aromatic carbocycles. The molecule has 30 heavy (non-hydrogen) atoms. The smallest absolute Gasteiger partial charge is 0.262 e. The second-order valence-corrected chi connectivity index (χ2v) is 7.31. The lowest BCUT2D eigenvalue weighted by Crippen LogP contribution is -2.48. The summed E-state index contributed by atoms with van der Waals surface area (Å²) < 4.78 is 11.4. The van der Waals surface area contributed by atoms with Crippen LogP contribution in [0.15, 0.2) is 53.1 Å². The van der Waals surface area contributed by atoms with Crippen molar-refractivity contribution < 1.29 is 14.1 Å². The van der Waals surface area contributed by atoms with Crippen LogP contribution in [0.5, 0.6) is 5.75 Å². The molecule has 3 aromatic rings. The van der Waals surface area contributed by atoms with Gasteiger partial charge >= 0.3 is 0 Å². The third kappa shape index (κ3) is 4.30. The maximum absolute atomic E-state index is 12.5. The lowest BCUT2D eigenvalue weighted by Gasteiger charge is -2.34. The second-order valence-electron chi connectivity index (χ2n) is 7.31. The van der Waals surface area contributed by atoms with E-state index < -0.39 is 6.10 Å². The molecule has 0 fully saturated rings. The van der Waals surface area contributed by atoms with Crippen LogP contribution in [0.1, 0.15) is 31.7 Å². The number of nitrogens with zero attached hydrogens (tertiary/aromatic N) is 3. The van der Waals surface area contributed by atoms with Crippen LogP contribution in [0.2, 0.25) is 0 Å². The standard InChI is InChI=1S/C23H26N4O3/c1-3-13-24-23(28)20-14-27(18-7-5-6-8-19(18)29-20)15-21-25-22(26-30-21)17-11-9-16(4-2)10-12-17/h5-12,20H,3-4,13-15H2,1-2H3,(H,24,28)/t20-/m0/s1. The van der Waals surface area contributed by atoms with Gasteiger partial charge in [0.15, 0.2) is 6.10 Å². The monoisotopic (exact) mass is 406 g/mol. The summed E-state index contributed by atoms with van der Waals surface area (Å²) >= 11 is 0. The van der Waals surface area contributed by atoms with Gasteiger partial charge < -0.3 is 19.5 Å². The highest BCUT2D eigenvalue weighted by Crippen LogP contribution is 2.34. The van der Waals surface area contributed by atoms with E-state index in [1.54, 1.807) is 0 Å². The molecule has 1 aliphatic heterocycles. The lowest BCUT2D eigenvalue weighted by atomic mass is 10.1. The predicted molar refractivity (Wildman–Crippen MR) is 114 cm³/mol. The minimum absolute atomic E-state index is 0.112. The maximum Gasteiger partial charge on any atom is 0.262 e. The van der Waals surface area contributed by atoms with Crippen molar-refractivity contribution in [2.75, 3.05) is 18.0 Å². The molecule has 1 amide bonds. The van der Waals surface area contributed by atoms with Crippen molar-refractivity contribution in [1.82, 2.24) is 15.5 Å². The Morgan fingerprint density at radius 2 is 1.97 bits per heavy atom. The number of ether oxygens (including phenoxy) is 1. The minimum Gasteiger partial charge on any atom is -0.477 e. The van der Waals surface area contributed by atoms with Gasteiger partial charge in [-0.1, -0.05) is 55.4 Å². The lowest BCUT2D eigenvalue weighted by molar-refractivity contribution is -0.127. The summed E-state index contributed by atoms with van der Waals surface area (Å²) in [5, 5.41) is 7.04. The van der Waals surface area contributed by atoms with Gasteiger partial charge in [-0.2, -0.15) is 4.98 Å². The van der Waals surface area contributed by atoms with E-state index in [1.807, 2.05) is 48.2 Å². The van der Waals surface area contributed by atoms with Gasteiger partial charge in [0.1, 0.15) is 5.75 Å². The fourth-order valence-electron chi connectivity index (χ4n) is 3.44. The number of hydrogen-bond acceptors (Lipinski definition) is 6. The van der Waals surface area contributed by atoms with Crippen molar-refractivity contribution in [3.05, 3.63) is 60.0 Å². The Labute approximate surface area is 176 Å². The second kappa shape index (κ2) is 8.98. The van der Waals surface area contributed by atoms with Crippen LogP contribution in [0.3, 0.4) is 0 Å². The van der Waals surface area contributed by atoms with Gasteiger partial charge in [0, 0.05) is 12.1 Å². The zero-order valence-corrected chi connectivity index (χ0v) is 17.3. The summed E-state index contributed by atoms with van der Waals surface area (Å²) in [6.45, 7) is 5.58. The van der Waals surface area contributed by atoms with Crippen LogP contribution in [0.25, 0.3) is 11.4 Å². The number of carbonyl (C=O) groups excluding carboxylic acids is 1. The normalized spacial score (nSPS) is 15.4. The van der Waals surface area contributed by atoms with E-state index in [0.717, 1.165) is 24.1 Å². The molecule has 1 aliphatic rings. The summed E-state index contributed by atoms with van der Waals surface area (Å²) in [4.78, 5) is 19.1. The quantitative estimate of drug-likeness (QED) is 0.646. The Balaban J connectivity index is 1.52. The van der Waals surface area contributed by atoms with E-state index in [0.29, 0.717) is 37.1 Å². The zero-order valence-electron chi connectivity index (χ0n) is 17.3. The molecule has 156 valence electrons. The van der Waals surface area contributed by atoms with Gasteiger partial charge in [-0.15, -0.1) is 0 Å². The van der Waals surface area contributed by atoms with E-state index in [-0.39, 0.29) is 5.91 Å². The first-order valence-electron chi connectivity index (χ1n) is 10.4. The molecular formula is C23H26N4O3.